The van der Waals surface area contributed by atoms with Gasteiger partial charge in [0.15, 0.2) is 0 Å². The monoisotopic (exact) mass is 420 g/mol. The minimum Gasteiger partial charge on any atom is -0.394 e. The van der Waals surface area contributed by atoms with Crippen LogP contribution in [-0.2, 0) is 22.4 Å². The highest BCUT2D eigenvalue weighted by atomic mass is 79.9. The van der Waals surface area contributed by atoms with Gasteiger partial charge in [0.1, 0.15) is 0 Å². The number of nitrogens with one attached hydrogen (secondary N) is 1. The fraction of sp³-hybridized carbons (Fsp3) is 0.500. The van der Waals surface area contributed by atoms with E-state index < -0.39 is 5.54 Å². The Hall–Kier alpha value is -1.66. The lowest BCUT2D eigenvalue weighted by atomic mass is 9.78. The predicted octanol–water partition coefficient (Wildman–Crippen LogP) is 2.21. The molecule has 1 fully saturated rings. The molecule has 2 N–H and O–H groups in total. The fourth-order valence-corrected chi connectivity index (χ4v) is 4.40. The lowest BCUT2D eigenvalue weighted by molar-refractivity contribution is -0.133. The van der Waals surface area contributed by atoms with E-state index in [9.17, 15) is 14.7 Å². The summed E-state index contributed by atoms with van der Waals surface area (Å²) in [5, 5.41) is 13.2. The number of likely N-dealkylation sites (tertiary alicyclic amines) is 1. The summed E-state index contributed by atoms with van der Waals surface area (Å²) in [6.07, 6.45) is 5.02. The number of hydrogen-bond acceptors (Lipinski definition) is 3. The number of aryl methyl sites for hydroxylation is 1. The number of piperidine rings is 1. The molecule has 2 aliphatic rings. The van der Waals surface area contributed by atoms with Crippen molar-refractivity contribution in [2.75, 3.05) is 19.7 Å². The molecule has 1 aliphatic carbocycles. The Bertz CT molecular complexity index is 721. The van der Waals surface area contributed by atoms with E-state index in [1.165, 1.54) is 17.2 Å². The minimum absolute atomic E-state index is 0.0684. The Kier molecular flexibility index (Phi) is 5.82. The standard InChI is InChI=1S/C20H25BrN2O3/c1-2-18(25)23-9-3-4-16(12-23)19(26)22-20(13-24)8-7-14-10-17(21)6-5-15(14)11-20/h2,5-6,10,16,24H,1,3-4,7-9,11-13H2,(H,22,26). The number of aliphatic hydroxyl groups excluding tert-OH is 1. The van der Waals surface area contributed by atoms with Crippen molar-refractivity contribution < 1.29 is 14.7 Å². The molecule has 2 atom stereocenters. The smallest absolute Gasteiger partial charge is 0.245 e. The van der Waals surface area contributed by atoms with E-state index in [1.54, 1.807) is 4.90 Å². The average molecular weight is 421 g/mol. The van der Waals surface area contributed by atoms with E-state index >= 15 is 0 Å². The van der Waals surface area contributed by atoms with Crippen LogP contribution in [-0.4, -0.2) is 47.1 Å². The maximum atomic E-state index is 12.9. The van der Waals surface area contributed by atoms with Crippen molar-refractivity contribution in [2.45, 2.75) is 37.6 Å². The summed E-state index contributed by atoms with van der Waals surface area (Å²) in [7, 11) is 0. The molecule has 1 saturated heterocycles. The van der Waals surface area contributed by atoms with Crippen molar-refractivity contribution >= 4 is 27.7 Å². The van der Waals surface area contributed by atoms with E-state index in [-0.39, 0.29) is 24.3 Å². The number of amides is 2. The number of carbonyl (C=O) groups excluding carboxylic acids is 2. The zero-order valence-electron chi connectivity index (χ0n) is 14.8. The van der Waals surface area contributed by atoms with Crippen LogP contribution in [0.1, 0.15) is 30.4 Å². The van der Waals surface area contributed by atoms with Crippen molar-refractivity contribution in [3.8, 4) is 0 Å². The van der Waals surface area contributed by atoms with Gasteiger partial charge >= 0.3 is 0 Å². The number of fused-ring (bicyclic) bond motifs is 1. The third-order valence-electron chi connectivity index (χ3n) is 5.54. The van der Waals surface area contributed by atoms with Gasteiger partial charge in [-0.15, -0.1) is 0 Å². The lowest BCUT2D eigenvalue weighted by Gasteiger charge is -2.40. The van der Waals surface area contributed by atoms with Gasteiger partial charge in [-0.2, -0.15) is 0 Å². The Morgan fingerprint density at radius 2 is 2.23 bits per heavy atom. The molecular formula is C20H25BrN2O3. The molecular weight excluding hydrogens is 396 g/mol. The number of aliphatic hydroxyl groups is 1. The number of nitrogens with zero attached hydrogens (tertiary/aromatic N) is 1. The van der Waals surface area contributed by atoms with Crippen LogP contribution in [0.25, 0.3) is 0 Å². The lowest BCUT2D eigenvalue weighted by Crippen LogP contribution is -2.57. The Morgan fingerprint density at radius 1 is 1.42 bits per heavy atom. The van der Waals surface area contributed by atoms with Crippen molar-refractivity contribution in [1.82, 2.24) is 10.2 Å². The minimum atomic E-state index is -0.622. The van der Waals surface area contributed by atoms with Gasteiger partial charge in [0, 0.05) is 17.6 Å². The van der Waals surface area contributed by atoms with Crippen molar-refractivity contribution in [3.63, 3.8) is 0 Å². The highest BCUT2D eigenvalue weighted by Crippen LogP contribution is 2.31. The average Bonchev–Trinajstić information content (AvgIpc) is 2.67. The molecule has 1 aromatic carbocycles. The number of hydrogen-bond donors (Lipinski definition) is 2. The number of benzene rings is 1. The SMILES string of the molecule is C=CC(=O)N1CCCC(C(=O)NC2(CO)CCc3cc(Br)ccc3C2)C1. The first-order chi connectivity index (χ1) is 12.5. The highest BCUT2D eigenvalue weighted by Gasteiger charge is 2.38. The van der Waals surface area contributed by atoms with Crippen LogP contribution in [0.5, 0.6) is 0 Å². The van der Waals surface area contributed by atoms with Crippen LogP contribution in [0.2, 0.25) is 0 Å². The van der Waals surface area contributed by atoms with Crippen LogP contribution in [0.3, 0.4) is 0 Å². The summed E-state index contributed by atoms with van der Waals surface area (Å²) in [5.74, 6) is -0.430. The third kappa shape index (κ3) is 4.01. The first-order valence-electron chi connectivity index (χ1n) is 9.08. The molecule has 0 spiro atoms. The first-order valence-corrected chi connectivity index (χ1v) is 9.87. The summed E-state index contributed by atoms with van der Waals surface area (Å²) < 4.78 is 1.05. The summed E-state index contributed by atoms with van der Waals surface area (Å²) in [5.41, 5.74) is 1.81. The van der Waals surface area contributed by atoms with Crippen LogP contribution in [0.15, 0.2) is 35.3 Å². The molecule has 0 bridgehead atoms. The Balaban J connectivity index is 1.70. The third-order valence-corrected chi connectivity index (χ3v) is 6.03. The van der Waals surface area contributed by atoms with E-state index in [0.29, 0.717) is 25.9 Å². The van der Waals surface area contributed by atoms with Gasteiger partial charge in [0.25, 0.3) is 0 Å². The second-order valence-corrected chi connectivity index (χ2v) is 8.26. The van der Waals surface area contributed by atoms with Gasteiger partial charge in [-0.1, -0.05) is 28.6 Å². The van der Waals surface area contributed by atoms with Crippen LogP contribution >= 0.6 is 15.9 Å². The number of halogens is 1. The molecule has 6 heteroatoms. The van der Waals surface area contributed by atoms with Gasteiger partial charge in [-0.25, -0.2) is 0 Å². The Morgan fingerprint density at radius 3 is 2.96 bits per heavy atom. The molecule has 1 heterocycles. The second kappa shape index (κ2) is 7.92. The van der Waals surface area contributed by atoms with Gasteiger partial charge in [0.2, 0.25) is 11.8 Å². The predicted molar refractivity (Wildman–Crippen MR) is 104 cm³/mol. The maximum Gasteiger partial charge on any atom is 0.245 e. The van der Waals surface area contributed by atoms with Crippen LogP contribution < -0.4 is 5.32 Å². The number of rotatable bonds is 4. The summed E-state index contributed by atoms with van der Waals surface area (Å²) in [4.78, 5) is 26.4. The molecule has 0 aromatic heterocycles. The summed E-state index contributed by atoms with van der Waals surface area (Å²) in [6.45, 7) is 4.52. The Labute approximate surface area is 162 Å². The van der Waals surface area contributed by atoms with Gasteiger partial charge in [-0.05, 0) is 61.4 Å². The van der Waals surface area contributed by atoms with Crippen molar-refractivity contribution in [2.24, 2.45) is 5.92 Å². The van der Waals surface area contributed by atoms with Crippen LogP contribution in [0, 0.1) is 5.92 Å². The van der Waals surface area contributed by atoms with E-state index in [1.807, 2.05) is 6.07 Å². The normalized spacial score (nSPS) is 25.3. The largest absolute Gasteiger partial charge is 0.394 e. The molecule has 2 unspecified atom stereocenters. The van der Waals surface area contributed by atoms with Crippen LogP contribution in [0.4, 0.5) is 0 Å². The molecule has 26 heavy (non-hydrogen) atoms. The zero-order chi connectivity index (χ0) is 18.7. The van der Waals surface area contributed by atoms with Gasteiger partial charge in [-0.3, -0.25) is 9.59 Å². The molecule has 140 valence electrons. The van der Waals surface area contributed by atoms with E-state index in [2.05, 4.69) is 40.0 Å². The molecule has 2 amide bonds. The molecule has 0 radical (unpaired) electrons. The van der Waals surface area contributed by atoms with Crippen molar-refractivity contribution in [1.29, 1.82) is 0 Å². The highest BCUT2D eigenvalue weighted by molar-refractivity contribution is 9.10. The van der Waals surface area contributed by atoms with Gasteiger partial charge < -0.3 is 15.3 Å². The molecule has 1 aromatic rings. The second-order valence-electron chi connectivity index (χ2n) is 7.35. The summed E-state index contributed by atoms with van der Waals surface area (Å²) >= 11 is 3.49. The fourth-order valence-electron chi connectivity index (χ4n) is 3.99. The topological polar surface area (TPSA) is 69.6 Å². The first kappa shape index (κ1) is 19.1. The molecule has 0 saturated carbocycles. The number of carbonyl (C=O) groups is 2. The van der Waals surface area contributed by atoms with E-state index in [0.717, 1.165) is 23.7 Å². The van der Waals surface area contributed by atoms with E-state index in [4.69, 9.17) is 0 Å². The maximum absolute atomic E-state index is 12.9. The zero-order valence-corrected chi connectivity index (χ0v) is 16.4. The molecule has 5 nitrogen and oxygen atoms in total. The van der Waals surface area contributed by atoms with Crippen molar-refractivity contribution in [3.05, 3.63) is 46.5 Å². The quantitative estimate of drug-likeness (QED) is 0.733. The summed E-state index contributed by atoms with van der Waals surface area (Å²) in [6, 6.07) is 6.16. The molecule has 3 rings (SSSR count). The molecule has 1 aliphatic heterocycles. The van der Waals surface area contributed by atoms with Gasteiger partial charge in [0.05, 0.1) is 18.1 Å².